The van der Waals surface area contributed by atoms with Gasteiger partial charge in [-0.2, -0.15) is 0 Å². The molecule has 1 rings (SSSR count). The Morgan fingerprint density at radius 3 is 1.13 bits per heavy atom. The van der Waals surface area contributed by atoms with Crippen LogP contribution in [0.5, 0.6) is 5.75 Å². The van der Waals surface area contributed by atoms with Crippen molar-refractivity contribution in [2.45, 2.75) is 52.4 Å². The Bertz CT molecular complexity index is 738. The number of hydrogen-bond acceptors (Lipinski definition) is 11. The zero-order valence-corrected chi connectivity index (χ0v) is 29.0. The van der Waals surface area contributed by atoms with Crippen molar-refractivity contribution in [3.05, 3.63) is 29.8 Å². The van der Waals surface area contributed by atoms with Gasteiger partial charge in [-0.25, -0.2) is 0 Å². The molecule has 2 unspecified atom stereocenters. The minimum atomic E-state index is 0.0276. The molecule has 0 aliphatic heterocycles. The SMILES string of the molecule is CCC(C)CCC(CC)c1ccc(OCCOCCOCCOCCOCCOCCOCCOCCOCCOCCO)cc1. The lowest BCUT2D eigenvalue weighted by atomic mass is 9.88. The zero-order valence-electron chi connectivity index (χ0n) is 29.0. The second kappa shape index (κ2) is 33.5. The van der Waals surface area contributed by atoms with Crippen molar-refractivity contribution >= 4 is 0 Å². The lowest BCUT2D eigenvalue weighted by molar-refractivity contribution is -0.0258. The van der Waals surface area contributed by atoms with Gasteiger partial charge in [0.05, 0.1) is 126 Å². The third-order valence-corrected chi connectivity index (χ3v) is 7.26. The van der Waals surface area contributed by atoms with Crippen molar-refractivity contribution in [2.24, 2.45) is 5.92 Å². The Kier molecular flexibility index (Phi) is 31.1. The minimum absolute atomic E-state index is 0.0276. The molecule has 0 amide bonds. The Hall–Kier alpha value is -1.38. The minimum Gasteiger partial charge on any atom is -0.491 e. The summed E-state index contributed by atoms with van der Waals surface area (Å²) in [6.07, 6.45) is 4.96. The summed E-state index contributed by atoms with van der Waals surface area (Å²) in [7, 11) is 0. The van der Waals surface area contributed by atoms with Crippen molar-refractivity contribution in [3.63, 3.8) is 0 Å². The molecule has 0 heterocycles. The molecule has 46 heavy (non-hydrogen) atoms. The summed E-state index contributed by atoms with van der Waals surface area (Å²) in [5.74, 6) is 2.30. The third kappa shape index (κ3) is 26.7. The molecular formula is C35H64O11. The fourth-order valence-electron chi connectivity index (χ4n) is 4.28. The predicted octanol–water partition coefficient (Wildman–Crippen LogP) is 4.53. The highest BCUT2D eigenvalue weighted by atomic mass is 16.6. The van der Waals surface area contributed by atoms with E-state index in [1.807, 2.05) is 0 Å². The molecule has 0 fully saturated rings. The molecule has 11 nitrogen and oxygen atoms in total. The summed E-state index contributed by atoms with van der Waals surface area (Å²) in [4.78, 5) is 0. The van der Waals surface area contributed by atoms with Gasteiger partial charge in [0.25, 0.3) is 0 Å². The Balaban J connectivity index is 1.77. The molecule has 270 valence electrons. The molecular weight excluding hydrogens is 596 g/mol. The van der Waals surface area contributed by atoms with Crippen LogP contribution >= 0.6 is 0 Å². The van der Waals surface area contributed by atoms with Crippen LogP contribution in [0.2, 0.25) is 0 Å². The van der Waals surface area contributed by atoms with Crippen LogP contribution in [-0.4, -0.2) is 137 Å². The van der Waals surface area contributed by atoms with Crippen LogP contribution in [0.4, 0.5) is 0 Å². The van der Waals surface area contributed by atoms with E-state index in [1.165, 1.54) is 31.2 Å². The second-order valence-corrected chi connectivity index (χ2v) is 10.8. The van der Waals surface area contributed by atoms with Crippen LogP contribution in [-0.2, 0) is 42.6 Å². The van der Waals surface area contributed by atoms with Gasteiger partial charge >= 0.3 is 0 Å². The average Bonchev–Trinajstić information content (AvgIpc) is 3.08. The van der Waals surface area contributed by atoms with Crippen molar-refractivity contribution in [1.82, 2.24) is 0 Å². The van der Waals surface area contributed by atoms with E-state index in [9.17, 15) is 0 Å². The number of aliphatic hydroxyl groups excluding tert-OH is 1. The number of aliphatic hydroxyl groups is 1. The van der Waals surface area contributed by atoms with Gasteiger partial charge < -0.3 is 52.5 Å². The molecule has 0 aliphatic carbocycles. The van der Waals surface area contributed by atoms with Crippen LogP contribution in [0, 0.1) is 5.92 Å². The molecule has 1 aromatic rings. The van der Waals surface area contributed by atoms with Gasteiger partial charge in [0.2, 0.25) is 0 Å². The smallest absolute Gasteiger partial charge is 0.119 e. The van der Waals surface area contributed by atoms with E-state index in [4.69, 9.17) is 52.5 Å². The monoisotopic (exact) mass is 660 g/mol. The maximum Gasteiger partial charge on any atom is 0.119 e. The van der Waals surface area contributed by atoms with Crippen molar-refractivity contribution in [3.8, 4) is 5.75 Å². The molecule has 1 aromatic carbocycles. The van der Waals surface area contributed by atoms with Crippen molar-refractivity contribution < 1.29 is 52.5 Å². The number of hydrogen-bond donors (Lipinski definition) is 1. The van der Waals surface area contributed by atoms with Crippen molar-refractivity contribution in [1.29, 1.82) is 0 Å². The molecule has 0 saturated heterocycles. The number of rotatable bonds is 36. The van der Waals surface area contributed by atoms with Gasteiger partial charge in [0.15, 0.2) is 0 Å². The second-order valence-electron chi connectivity index (χ2n) is 10.8. The first kappa shape index (κ1) is 42.6. The highest BCUT2D eigenvalue weighted by molar-refractivity contribution is 5.29. The van der Waals surface area contributed by atoms with Crippen LogP contribution < -0.4 is 4.74 Å². The van der Waals surface area contributed by atoms with E-state index in [0.717, 1.165) is 11.7 Å². The highest BCUT2D eigenvalue weighted by Gasteiger charge is 2.11. The summed E-state index contributed by atoms with van der Waals surface area (Å²) in [6, 6.07) is 8.56. The van der Waals surface area contributed by atoms with Crippen LogP contribution in [0.3, 0.4) is 0 Å². The first-order valence-corrected chi connectivity index (χ1v) is 17.2. The maximum absolute atomic E-state index is 8.59. The van der Waals surface area contributed by atoms with Gasteiger partial charge in [0, 0.05) is 0 Å². The van der Waals surface area contributed by atoms with E-state index >= 15 is 0 Å². The van der Waals surface area contributed by atoms with Crippen molar-refractivity contribution in [2.75, 3.05) is 132 Å². The fourth-order valence-corrected chi connectivity index (χ4v) is 4.28. The Morgan fingerprint density at radius 2 is 0.804 bits per heavy atom. The Labute approximate surface area is 278 Å². The van der Waals surface area contributed by atoms with Crippen LogP contribution in [0.15, 0.2) is 24.3 Å². The summed E-state index contributed by atoms with van der Waals surface area (Å²) in [6.45, 7) is 16.5. The lowest BCUT2D eigenvalue weighted by Crippen LogP contribution is -2.15. The predicted molar refractivity (Wildman–Crippen MR) is 178 cm³/mol. The average molecular weight is 661 g/mol. The molecule has 2 atom stereocenters. The Morgan fingerprint density at radius 1 is 0.457 bits per heavy atom. The fraction of sp³-hybridized carbons (Fsp3) is 0.829. The molecule has 0 aliphatic rings. The number of benzene rings is 1. The lowest BCUT2D eigenvalue weighted by Gasteiger charge is -2.18. The third-order valence-electron chi connectivity index (χ3n) is 7.26. The van der Waals surface area contributed by atoms with E-state index in [2.05, 4.69) is 45.0 Å². The largest absolute Gasteiger partial charge is 0.491 e. The standard InChI is InChI=1S/C35H64O11/c1-4-32(3)6-7-33(5-2)34-8-10-35(11-9-34)46-31-30-45-29-28-44-27-26-43-25-24-42-23-22-41-21-20-40-19-18-39-17-16-38-15-14-37-13-12-36/h8-11,32-33,36H,4-7,12-31H2,1-3H3. The van der Waals surface area contributed by atoms with E-state index in [1.54, 1.807) is 0 Å². The highest BCUT2D eigenvalue weighted by Crippen LogP contribution is 2.28. The van der Waals surface area contributed by atoms with Gasteiger partial charge in [-0.15, -0.1) is 0 Å². The van der Waals surface area contributed by atoms with Crippen LogP contribution in [0.25, 0.3) is 0 Å². The molecule has 1 N–H and O–H groups in total. The van der Waals surface area contributed by atoms with Crippen LogP contribution in [0.1, 0.15) is 57.9 Å². The molecule has 0 saturated carbocycles. The summed E-state index contributed by atoms with van der Waals surface area (Å²) in [5.41, 5.74) is 1.41. The van der Waals surface area contributed by atoms with E-state index in [0.29, 0.717) is 131 Å². The summed E-state index contributed by atoms with van der Waals surface area (Å²) < 4.78 is 54.7. The van der Waals surface area contributed by atoms with Gasteiger partial charge in [-0.3, -0.25) is 0 Å². The quantitative estimate of drug-likeness (QED) is 0.103. The van der Waals surface area contributed by atoms with E-state index in [-0.39, 0.29) is 6.61 Å². The molecule has 0 bridgehead atoms. The normalized spacial score (nSPS) is 12.9. The maximum atomic E-state index is 8.59. The zero-order chi connectivity index (χ0) is 33.2. The summed E-state index contributed by atoms with van der Waals surface area (Å²) >= 11 is 0. The molecule has 0 radical (unpaired) electrons. The molecule has 11 heteroatoms. The molecule has 0 aromatic heterocycles. The number of ether oxygens (including phenoxy) is 10. The topological polar surface area (TPSA) is 113 Å². The summed E-state index contributed by atoms with van der Waals surface area (Å²) in [5, 5.41) is 8.59. The first-order valence-electron chi connectivity index (χ1n) is 17.2. The van der Waals surface area contributed by atoms with Gasteiger partial charge in [-0.05, 0) is 42.4 Å². The first-order chi connectivity index (χ1) is 22.7. The van der Waals surface area contributed by atoms with Gasteiger partial charge in [0.1, 0.15) is 12.4 Å². The van der Waals surface area contributed by atoms with E-state index < -0.39 is 0 Å². The van der Waals surface area contributed by atoms with Gasteiger partial charge in [-0.1, -0.05) is 45.7 Å². The molecule has 0 spiro atoms.